The number of nitrogens with one attached hydrogen (secondary N) is 2. The van der Waals surface area contributed by atoms with E-state index in [1.165, 1.54) is 13.8 Å². The topological polar surface area (TPSA) is 98.7 Å². The SMILES string of the molecule is C[C@H](NN[C@H](C)C(=O)O)C(=O)O. The summed E-state index contributed by atoms with van der Waals surface area (Å²) >= 11 is 0. The average Bonchev–Trinajstić information content (AvgIpc) is 1.98. The largest absolute Gasteiger partial charge is 0.480 e. The quantitative estimate of drug-likeness (QED) is 0.402. The third kappa shape index (κ3) is 3.89. The molecule has 0 rings (SSSR count). The summed E-state index contributed by atoms with van der Waals surface area (Å²) in [5, 5.41) is 16.8. The molecule has 6 heteroatoms. The van der Waals surface area contributed by atoms with Crippen LogP contribution < -0.4 is 10.9 Å². The van der Waals surface area contributed by atoms with Gasteiger partial charge in [-0.25, -0.2) is 10.9 Å². The standard InChI is InChI=1S/C6H12N2O4/c1-3(5(9)10)7-8-4(2)6(11)12/h3-4,7-8H,1-2H3,(H,9,10)(H,11,12)/t3-,4+. The van der Waals surface area contributed by atoms with Crippen molar-refractivity contribution in [2.75, 3.05) is 0 Å². The van der Waals surface area contributed by atoms with Crippen LogP contribution in [0.25, 0.3) is 0 Å². The molecule has 0 fully saturated rings. The van der Waals surface area contributed by atoms with Crippen molar-refractivity contribution < 1.29 is 19.8 Å². The molecule has 0 saturated heterocycles. The molecule has 70 valence electrons. The highest BCUT2D eigenvalue weighted by Crippen LogP contribution is 1.81. The van der Waals surface area contributed by atoms with E-state index in [1.54, 1.807) is 0 Å². The molecule has 0 aromatic carbocycles. The van der Waals surface area contributed by atoms with Crippen molar-refractivity contribution >= 4 is 11.9 Å². The zero-order valence-corrected chi connectivity index (χ0v) is 6.87. The van der Waals surface area contributed by atoms with Crippen LogP contribution in [0.15, 0.2) is 0 Å². The van der Waals surface area contributed by atoms with Gasteiger partial charge in [0.05, 0.1) is 0 Å². The van der Waals surface area contributed by atoms with E-state index in [4.69, 9.17) is 10.2 Å². The molecule has 0 aliphatic rings. The smallest absolute Gasteiger partial charge is 0.321 e. The molecular formula is C6H12N2O4. The van der Waals surface area contributed by atoms with Gasteiger partial charge in [-0.05, 0) is 13.8 Å². The molecule has 4 N–H and O–H groups in total. The van der Waals surface area contributed by atoms with Crippen LogP contribution in [0.5, 0.6) is 0 Å². The van der Waals surface area contributed by atoms with Crippen LogP contribution in [0.1, 0.15) is 13.8 Å². The summed E-state index contributed by atoms with van der Waals surface area (Å²) in [4.78, 5) is 20.5. The molecule has 0 unspecified atom stereocenters. The van der Waals surface area contributed by atoms with Gasteiger partial charge < -0.3 is 10.2 Å². The minimum absolute atomic E-state index is 0.813. The van der Waals surface area contributed by atoms with E-state index in [1.807, 2.05) is 0 Å². The van der Waals surface area contributed by atoms with E-state index in [9.17, 15) is 9.59 Å². The number of hydrogen-bond acceptors (Lipinski definition) is 4. The van der Waals surface area contributed by atoms with Crippen LogP contribution in [0, 0.1) is 0 Å². The summed E-state index contributed by atoms with van der Waals surface area (Å²) in [5.41, 5.74) is 4.67. The van der Waals surface area contributed by atoms with Gasteiger partial charge in [-0.1, -0.05) is 0 Å². The zero-order valence-electron chi connectivity index (χ0n) is 6.87. The molecule has 2 atom stereocenters. The molecule has 0 aromatic heterocycles. The van der Waals surface area contributed by atoms with Crippen molar-refractivity contribution in [3.8, 4) is 0 Å². The third-order valence-corrected chi connectivity index (χ3v) is 1.26. The highest BCUT2D eigenvalue weighted by atomic mass is 16.4. The van der Waals surface area contributed by atoms with Crippen molar-refractivity contribution in [2.24, 2.45) is 0 Å². The van der Waals surface area contributed by atoms with Gasteiger partial charge in [-0.3, -0.25) is 9.59 Å². The molecule has 6 nitrogen and oxygen atoms in total. The normalized spacial score (nSPS) is 15.2. The first-order chi connectivity index (χ1) is 5.45. The fourth-order valence-electron chi connectivity index (χ4n) is 0.373. The maximum absolute atomic E-state index is 10.2. The minimum Gasteiger partial charge on any atom is -0.480 e. The van der Waals surface area contributed by atoms with Gasteiger partial charge >= 0.3 is 11.9 Å². The van der Waals surface area contributed by atoms with Crippen molar-refractivity contribution in [1.29, 1.82) is 0 Å². The number of carbonyl (C=O) groups is 2. The van der Waals surface area contributed by atoms with Crippen LogP contribution in [0.2, 0.25) is 0 Å². The van der Waals surface area contributed by atoms with Gasteiger partial charge in [0.25, 0.3) is 0 Å². The molecule has 0 radical (unpaired) electrons. The Balaban J connectivity index is 3.68. The molecule has 0 saturated carbocycles. The Morgan fingerprint density at radius 3 is 1.42 bits per heavy atom. The maximum Gasteiger partial charge on any atom is 0.321 e. The van der Waals surface area contributed by atoms with Gasteiger partial charge in [0, 0.05) is 0 Å². The lowest BCUT2D eigenvalue weighted by molar-refractivity contribution is -0.142. The maximum atomic E-state index is 10.2. The van der Waals surface area contributed by atoms with E-state index in [0.717, 1.165) is 0 Å². The van der Waals surface area contributed by atoms with Crippen LogP contribution >= 0.6 is 0 Å². The molecule has 0 aromatic rings. The van der Waals surface area contributed by atoms with Gasteiger partial charge in [-0.15, -0.1) is 0 Å². The summed E-state index contributed by atoms with van der Waals surface area (Å²) < 4.78 is 0. The lowest BCUT2D eigenvalue weighted by Gasteiger charge is -2.13. The zero-order chi connectivity index (χ0) is 9.72. The third-order valence-electron chi connectivity index (χ3n) is 1.26. The van der Waals surface area contributed by atoms with Gasteiger partial charge in [-0.2, -0.15) is 0 Å². The molecule has 0 aliphatic carbocycles. The number of hydrazine groups is 1. The van der Waals surface area contributed by atoms with E-state index < -0.39 is 24.0 Å². The first-order valence-corrected chi connectivity index (χ1v) is 3.41. The molecule has 0 heterocycles. The first-order valence-electron chi connectivity index (χ1n) is 3.41. The van der Waals surface area contributed by atoms with Crippen molar-refractivity contribution in [3.63, 3.8) is 0 Å². The predicted octanol–water partition coefficient (Wildman–Crippen LogP) is -0.973. The van der Waals surface area contributed by atoms with E-state index in [-0.39, 0.29) is 0 Å². The monoisotopic (exact) mass is 176 g/mol. The van der Waals surface area contributed by atoms with Crippen LogP contribution in [-0.4, -0.2) is 34.2 Å². The molecular weight excluding hydrogens is 164 g/mol. The summed E-state index contributed by atoms with van der Waals surface area (Å²) in [6.45, 7) is 2.81. The Kier molecular flexibility index (Phi) is 4.24. The second kappa shape index (κ2) is 4.68. The van der Waals surface area contributed by atoms with Crippen molar-refractivity contribution in [3.05, 3.63) is 0 Å². The fraction of sp³-hybridized carbons (Fsp3) is 0.667. The van der Waals surface area contributed by atoms with Crippen LogP contribution in [0.4, 0.5) is 0 Å². The number of hydrogen-bond donors (Lipinski definition) is 4. The number of carboxylic acid groups (broad SMARTS) is 2. The summed E-state index contributed by atoms with van der Waals surface area (Å²) in [6.07, 6.45) is 0. The summed E-state index contributed by atoms with van der Waals surface area (Å²) in [7, 11) is 0. The predicted molar refractivity (Wildman–Crippen MR) is 40.5 cm³/mol. The average molecular weight is 176 g/mol. The Hall–Kier alpha value is -1.14. The van der Waals surface area contributed by atoms with Gasteiger partial charge in [0.2, 0.25) is 0 Å². The summed E-state index contributed by atoms with van der Waals surface area (Å²) in [6, 6.07) is -1.63. The van der Waals surface area contributed by atoms with Gasteiger partial charge in [0.1, 0.15) is 12.1 Å². The Morgan fingerprint density at radius 2 is 1.25 bits per heavy atom. The second-order valence-corrected chi connectivity index (χ2v) is 2.41. The number of carboxylic acids is 2. The molecule has 0 spiro atoms. The molecule has 0 aliphatic heterocycles. The second-order valence-electron chi connectivity index (χ2n) is 2.41. The molecule has 0 bridgehead atoms. The number of aliphatic carboxylic acids is 2. The van der Waals surface area contributed by atoms with Crippen molar-refractivity contribution in [2.45, 2.75) is 25.9 Å². The van der Waals surface area contributed by atoms with E-state index >= 15 is 0 Å². The summed E-state index contributed by atoms with van der Waals surface area (Å²) in [5.74, 6) is -2.08. The molecule has 12 heavy (non-hydrogen) atoms. The lowest BCUT2D eigenvalue weighted by Crippen LogP contribution is -2.50. The first kappa shape index (κ1) is 10.9. The fourth-order valence-corrected chi connectivity index (χ4v) is 0.373. The lowest BCUT2D eigenvalue weighted by atomic mass is 10.3. The van der Waals surface area contributed by atoms with E-state index in [0.29, 0.717) is 0 Å². The highest BCUT2D eigenvalue weighted by molar-refractivity contribution is 5.74. The molecule has 0 amide bonds. The number of rotatable bonds is 5. The van der Waals surface area contributed by atoms with Crippen LogP contribution in [-0.2, 0) is 9.59 Å². The van der Waals surface area contributed by atoms with E-state index in [2.05, 4.69) is 10.9 Å². The Labute approximate surface area is 69.5 Å². The van der Waals surface area contributed by atoms with Gasteiger partial charge in [0.15, 0.2) is 0 Å². The Morgan fingerprint density at radius 1 is 1.00 bits per heavy atom. The minimum atomic E-state index is -1.04. The Bertz CT molecular complexity index is 162. The van der Waals surface area contributed by atoms with Crippen LogP contribution in [0.3, 0.4) is 0 Å². The van der Waals surface area contributed by atoms with Crippen molar-refractivity contribution in [1.82, 2.24) is 10.9 Å². The highest BCUT2D eigenvalue weighted by Gasteiger charge is 2.14.